The number of esters is 6. The zero-order valence-electron chi connectivity index (χ0n) is 47.0. The zero-order chi connectivity index (χ0) is 58.9. The van der Waals surface area contributed by atoms with Crippen molar-refractivity contribution in [2.75, 3.05) is 6.61 Å². The lowest BCUT2D eigenvalue weighted by atomic mass is 9.44. The SMILES string of the molecule is CCC(=O)O[C@H]1C[C@H]2OC[C@@]2(OC(C)=O)[C@H]2[C@H](OC(=O)c3ccccc3)[C@]3(O)C[C@H](OC(=O)[C@H](OC(=O)CC)[C@@H](NC(=O)[C@@H](CCC(=O)O)NC(=O)C[C@H]4C[C@@H]5CC[C@H]4C5)c4ccccc4)C(C)=C([C@@H](OC(C)=O)C(=O)[C@]12C)C3(C)C. The fraction of sp³-hybridized carbons (Fsp3) is 0.600. The summed E-state index contributed by atoms with van der Waals surface area (Å²) in [6, 6.07) is 12.6. The molecule has 4 saturated carbocycles. The summed E-state index contributed by atoms with van der Waals surface area (Å²) >= 11 is 0. The molecule has 1 saturated heterocycles. The van der Waals surface area contributed by atoms with E-state index in [2.05, 4.69) is 10.6 Å². The van der Waals surface area contributed by atoms with Crippen LogP contribution >= 0.6 is 0 Å². The highest BCUT2D eigenvalue weighted by atomic mass is 16.6. The van der Waals surface area contributed by atoms with Crippen LogP contribution < -0.4 is 10.6 Å². The fourth-order valence-electron chi connectivity index (χ4n) is 14.0. The van der Waals surface area contributed by atoms with Gasteiger partial charge in [0.2, 0.25) is 17.9 Å². The number of aliphatic hydroxyl groups is 1. The molecule has 5 fully saturated rings. The number of carboxylic acid groups (broad SMARTS) is 1. The lowest BCUT2D eigenvalue weighted by molar-refractivity contribution is -0.346. The van der Waals surface area contributed by atoms with Crippen molar-refractivity contribution in [2.24, 2.45) is 34.5 Å². The maximum Gasteiger partial charge on any atom is 0.350 e. The Morgan fingerprint density at radius 2 is 1.47 bits per heavy atom. The lowest BCUT2D eigenvalue weighted by Gasteiger charge is -2.67. The molecule has 4 N–H and O–H groups in total. The van der Waals surface area contributed by atoms with Crippen LogP contribution in [0.4, 0.5) is 0 Å². The normalized spacial score (nSPS) is 31.6. The number of carbonyl (C=O) groups excluding carboxylic acids is 9. The van der Waals surface area contributed by atoms with Gasteiger partial charge in [0.1, 0.15) is 42.1 Å². The highest BCUT2D eigenvalue weighted by molar-refractivity contribution is 5.96. The van der Waals surface area contributed by atoms with Crippen LogP contribution in [0.15, 0.2) is 71.8 Å². The van der Waals surface area contributed by atoms with E-state index >= 15 is 9.59 Å². The Hall–Kier alpha value is -7.00. The van der Waals surface area contributed by atoms with Crippen LogP contribution in [0.1, 0.15) is 148 Å². The Bertz CT molecular complexity index is 2830. The first-order chi connectivity index (χ1) is 38.3. The predicted octanol–water partition coefficient (Wildman–Crippen LogP) is 5.52. The molecule has 2 aromatic rings. The number of carbonyl (C=O) groups is 10. The molecule has 6 aliphatic rings. The van der Waals surface area contributed by atoms with E-state index in [4.69, 9.17) is 33.2 Å². The Balaban J connectivity index is 1.25. The maximum absolute atomic E-state index is 16.2. The number of ether oxygens (including phenoxy) is 7. The molecule has 21 heteroatoms. The number of fused-ring (bicyclic) bond motifs is 7. The Kier molecular flexibility index (Phi) is 17.7. The first kappa shape index (κ1) is 60.1. The van der Waals surface area contributed by atoms with E-state index in [1.807, 2.05) is 0 Å². The summed E-state index contributed by atoms with van der Waals surface area (Å²) in [5, 5.41) is 29.4. The van der Waals surface area contributed by atoms with Gasteiger partial charge >= 0.3 is 41.8 Å². The van der Waals surface area contributed by atoms with Crippen molar-refractivity contribution < 1.29 is 91.3 Å². The van der Waals surface area contributed by atoms with Gasteiger partial charge in [-0.2, -0.15) is 0 Å². The molecule has 1 aliphatic heterocycles. The summed E-state index contributed by atoms with van der Waals surface area (Å²) in [4.78, 5) is 140. The summed E-state index contributed by atoms with van der Waals surface area (Å²) < 4.78 is 43.2. The van der Waals surface area contributed by atoms with Crippen LogP contribution in [0.2, 0.25) is 0 Å². The monoisotopic (exact) mass is 1130 g/mol. The molecule has 4 bridgehead atoms. The number of hydrogen-bond acceptors (Lipinski definition) is 18. The third kappa shape index (κ3) is 11.6. The smallest absolute Gasteiger partial charge is 0.350 e. The number of amides is 2. The predicted molar refractivity (Wildman–Crippen MR) is 283 cm³/mol. The summed E-state index contributed by atoms with van der Waals surface area (Å²) in [6.45, 7) is 10.7. The third-order valence-corrected chi connectivity index (χ3v) is 18.1. The summed E-state index contributed by atoms with van der Waals surface area (Å²) in [6.07, 6.45) is -8.24. The maximum atomic E-state index is 16.2. The largest absolute Gasteiger partial charge is 0.481 e. The van der Waals surface area contributed by atoms with Gasteiger partial charge in [0, 0.05) is 57.8 Å². The minimum Gasteiger partial charge on any atom is -0.481 e. The zero-order valence-corrected chi connectivity index (χ0v) is 47.0. The molecule has 0 radical (unpaired) electrons. The van der Waals surface area contributed by atoms with E-state index in [-0.39, 0.29) is 60.3 Å². The minimum atomic E-state index is -2.55. The van der Waals surface area contributed by atoms with Crippen molar-refractivity contribution in [3.05, 3.63) is 82.9 Å². The van der Waals surface area contributed by atoms with Crippen molar-refractivity contribution in [3.63, 3.8) is 0 Å². The molecule has 2 amide bonds. The third-order valence-electron chi connectivity index (χ3n) is 18.1. The number of aliphatic carboxylic acids is 1. The van der Waals surface area contributed by atoms with E-state index in [0.717, 1.165) is 39.5 Å². The van der Waals surface area contributed by atoms with Gasteiger partial charge in [0.25, 0.3) is 0 Å². The molecule has 5 aliphatic carbocycles. The Labute approximate surface area is 469 Å². The molecule has 8 rings (SSSR count). The Morgan fingerprint density at radius 1 is 0.802 bits per heavy atom. The average molecular weight is 1130 g/mol. The number of Topliss-reactive ketones (excluding diaryl/α,β-unsaturated/α-hetero) is 1. The molecule has 438 valence electrons. The number of nitrogens with one attached hydrogen (secondary N) is 2. The van der Waals surface area contributed by atoms with Crippen LogP contribution in [0.5, 0.6) is 0 Å². The second-order valence-electron chi connectivity index (χ2n) is 23.4. The Morgan fingerprint density at radius 3 is 2.04 bits per heavy atom. The summed E-state index contributed by atoms with van der Waals surface area (Å²) in [5.74, 6) is -9.95. The average Bonchev–Trinajstić information content (AvgIpc) is 1.29. The van der Waals surface area contributed by atoms with Crippen molar-refractivity contribution in [2.45, 2.75) is 186 Å². The number of rotatable bonds is 20. The molecule has 21 nitrogen and oxygen atoms in total. The number of hydrogen-bond donors (Lipinski definition) is 4. The molecular formula is C60H74N2O19. The van der Waals surface area contributed by atoms with Gasteiger partial charge < -0.3 is 54.0 Å². The minimum absolute atomic E-state index is 0.00482. The summed E-state index contributed by atoms with van der Waals surface area (Å²) in [5.41, 5.74) is -8.21. The quantitative estimate of drug-likeness (QED) is 0.0721. The first-order valence-electron chi connectivity index (χ1n) is 28.0. The van der Waals surface area contributed by atoms with E-state index in [1.54, 1.807) is 36.4 Å². The second kappa shape index (κ2) is 23.8. The molecule has 0 unspecified atom stereocenters. The highest BCUT2D eigenvalue weighted by Crippen LogP contribution is 2.65. The van der Waals surface area contributed by atoms with Crippen LogP contribution in [-0.4, -0.2) is 130 Å². The van der Waals surface area contributed by atoms with E-state index in [0.29, 0.717) is 11.8 Å². The molecule has 81 heavy (non-hydrogen) atoms. The van der Waals surface area contributed by atoms with Gasteiger partial charge in [-0.3, -0.25) is 38.4 Å². The van der Waals surface area contributed by atoms with E-state index in [1.165, 1.54) is 65.8 Å². The number of ketones is 1. The van der Waals surface area contributed by atoms with Gasteiger partial charge in [-0.25, -0.2) is 9.59 Å². The van der Waals surface area contributed by atoms with Crippen molar-refractivity contribution in [3.8, 4) is 0 Å². The fourth-order valence-corrected chi connectivity index (χ4v) is 14.0. The molecule has 0 spiro atoms. The topological polar surface area (TPSA) is 300 Å². The standard InChI is InChI=1S/C60H74N2O19/c1-9-45(68)78-41-28-42-59(30-75-42,81-33(5)64)51-53(80-55(72)36-19-15-12-16-20-36)60(74)29-40(31(3)47(57(60,6)7)49(76-32(4)63)52(70)58(41,51)8)77-56(73)50(79-46(69)10-2)48(35-17-13-11-14-18-35)62-54(71)39(23-24-44(66)67)61-43(65)27-38-26-34-21-22-37(38)25-34/h11-20,34,37-42,48-51,53,74H,9-10,21-30H2,1-8H3,(H,61,65)(H,62,71)(H,66,67)/t34-,37+,38-,39-,40+,41+,42-,48+,49-,50-,51+,53+,58-,59+,60-/m1/s1. The lowest BCUT2D eigenvalue weighted by Crippen LogP contribution is -2.82. The molecule has 15 atom stereocenters. The first-order valence-corrected chi connectivity index (χ1v) is 28.0. The van der Waals surface area contributed by atoms with E-state index in [9.17, 15) is 48.6 Å². The highest BCUT2D eigenvalue weighted by Gasteiger charge is 2.79. The van der Waals surface area contributed by atoms with Crippen molar-refractivity contribution in [1.29, 1.82) is 0 Å². The van der Waals surface area contributed by atoms with Gasteiger partial charge in [0.05, 0.1) is 23.5 Å². The van der Waals surface area contributed by atoms with Gasteiger partial charge in [0.15, 0.2) is 17.5 Å². The van der Waals surface area contributed by atoms with Crippen molar-refractivity contribution >= 4 is 59.4 Å². The molecular weight excluding hydrogens is 1050 g/mol. The van der Waals surface area contributed by atoms with E-state index < -0.39 is 155 Å². The number of benzene rings is 2. The summed E-state index contributed by atoms with van der Waals surface area (Å²) in [7, 11) is 0. The van der Waals surface area contributed by atoms with Crippen LogP contribution in [-0.2, 0) is 76.3 Å². The van der Waals surface area contributed by atoms with Gasteiger partial charge in [-0.05, 0) is 86.1 Å². The van der Waals surface area contributed by atoms with Crippen LogP contribution in [0.25, 0.3) is 0 Å². The van der Waals surface area contributed by atoms with Gasteiger partial charge in [-0.1, -0.05) is 82.6 Å². The number of carboxylic acids is 1. The van der Waals surface area contributed by atoms with Gasteiger partial charge in [-0.15, -0.1) is 0 Å². The van der Waals surface area contributed by atoms with Crippen molar-refractivity contribution in [1.82, 2.24) is 10.6 Å². The molecule has 1 heterocycles. The van der Waals surface area contributed by atoms with Crippen LogP contribution in [0, 0.1) is 34.5 Å². The van der Waals surface area contributed by atoms with Crippen LogP contribution in [0.3, 0.4) is 0 Å². The second-order valence-corrected chi connectivity index (χ2v) is 23.4. The molecule has 0 aromatic heterocycles. The molecule has 2 aromatic carbocycles.